The van der Waals surface area contributed by atoms with Crippen molar-refractivity contribution in [1.82, 2.24) is 10.2 Å². The number of likely N-dealkylation sites (tertiary alicyclic amines) is 1. The van der Waals surface area contributed by atoms with E-state index in [1.165, 1.54) is 0 Å². The number of carbonyl (C=O) groups is 2. The molecule has 0 radical (unpaired) electrons. The fourth-order valence-electron chi connectivity index (χ4n) is 2.62. The molecule has 0 spiro atoms. The Morgan fingerprint density at radius 3 is 2.35 bits per heavy atom. The first-order valence-electron chi connectivity index (χ1n) is 7.87. The van der Waals surface area contributed by atoms with Crippen molar-refractivity contribution in [3.05, 3.63) is 0 Å². The molecule has 1 saturated carbocycles. The van der Waals surface area contributed by atoms with Crippen LogP contribution < -0.4 is 11.1 Å². The summed E-state index contributed by atoms with van der Waals surface area (Å²) in [6.07, 6.45) is 4.68. The number of hydrogen-bond acceptors (Lipinski definition) is 3. The molecule has 1 unspecified atom stereocenters. The van der Waals surface area contributed by atoms with Gasteiger partial charge in [-0.05, 0) is 31.6 Å². The Kier molecular flexibility index (Phi) is 5.02. The van der Waals surface area contributed by atoms with Gasteiger partial charge in [0, 0.05) is 25.0 Å². The van der Waals surface area contributed by atoms with Crippen LogP contribution in [0, 0.1) is 11.8 Å². The van der Waals surface area contributed by atoms with Gasteiger partial charge < -0.3 is 16.0 Å². The van der Waals surface area contributed by atoms with Crippen molar-refractivity contribution in [2.75, 3.05) is 13.1 Å². The van der Waals surface area contributed by atoms with Crippen molar-refractivity contribution in [3.63, 3.8) is 0 Å². The monoisotopic (exact) mass is 281 g/mol. The van der Waals surface area contributed by atoms with Crippen molar-refractivity contribution in [2.24, 2.45) is 17.6 Å². The molecule has 2 amide bonds. The number of nitrogens with zero attached hydrogens (tertiary/aromatic N) is 1. The first-order chi connectivity index (χ1) is 9.52. The molecule has 20 heavy (non-hydrogen) atoms. The molecule has 5 heteroatoms. The summed E-state index contributed by atoms with van der Waals surface area (Å²) in [6.45, 7) is 5.49. The van der Waals surface area contributed by atoms with Gasteiger partial charge in [-0.1, -0.05) is 20.3 Å². The molecule has 2 rings (SSSR count). The van der Waals surface area contributed by atoms with Crippen molar-refractivity contribution in [2.45, 2.75) is 58.0 Å². The van der Waals surface area contributed by atoms with E-state index in [4.69, 9.17) is 5.73 Å². The zero-order chi connectivity index (χ0) is 14.7. The van der Waals surface area contributed by atoms with E-state index in [0.717, 1.165) is 32.1 Å². The van der Waals surface area contributed by atoms with Crippen LogP contribution in [0.2, 0.25) is 0 Å². The maximum absolute atomic E-state index is 12.3. The summed E-state index contributed by atoms with van der Waals surface area (Å²) < 4.78 is 0. The lowest BCUT2D eigenvalue weighted by molar-refractivity contribution is -0.135. The summed E-state index contributed by atoms with van der Waals surface area (Å²) in [5, 5.41) is 3.10. The highest BCUT2D eigenvalue weighted by molar-refractivity contribution is 5.82. The first kappa shape index (κ1) is 15.3. The third-order valence-electron chi connectivity index (χ3n) is 4.64. The largest absolute Gasteiger partial charge is 0.353 e. The van der Waals surface area contributed by atoms with Gasteiger partial charge in [0.1, 0.15) is 0 Å². The highest BCUT2D eigenvalue weighted by Gasteiger charge is 2.33. The average molecular weight is 281 g/mol. The van der Waals surface area contributed by atoms with E-state index >= 15 is 0 Å². The summed E-state index contributed by atoms with van der Waals surface area (Å²) in [7, 11) is 0. The SMILES string of the molecule is CCC(C)[C@H](N)C(=O)N1CCC(NC(=O)C2CC2)CC1. The van der Waals surface area contributed by atoms with Crippen LogP contribution in [0.3, 0.4) is 0 Å². The fourth-order valence-corrected chi connectivity index (χ4v) is 2.62. The second-order valence-electron chi connectivity index (χ2n) is 6.29. The Hall–Kier alpha value is -1.10. The van der Waals surface area contributed by atoms with Crippen LogP contribution in [0.4, 0.5) is 0 Å². The Balaban J connectivity index is 1.75. The molecular formula is C15H27N3O2. The molecule has 2 fully saturated rings. The van der Waals surface area contributed by atoms with Crippen molar-refractivity contribution < 1.29 is 9.59 Å². The average Bonchev–Trinajstić information content (AvgIpc) is 3.30. The van der Waals surface area contributed by atoms with Gasteiger partial charge in [-0.2, -0.15) is 0 Å². The summed E-state index contributed by atoms with van der Waals surface area (Å²) in [6, 6.07) is -0.162. The zero-order valence-corrected chi connectivity index (χ0v) is 12.6. The highest BCUT2D eigenvalue weighted by atomic mass is 16.2. The summed E-state index contributed by atoms with van der Waals surface area (Å²) in [5.74, 6) is 0.737. The second kappa shape index (κ2) is 6.57. The molecule has 1 aliphatic heterocycles. The van der Waals surface area contributed by atoms with E-state index in [-0.39, 0.29) is 29.7 Å². The summed E-state index contributed by atoms with van der Waals surface area (Å²) >= 11 is 0. The van der Waals surface area contributed by atoms with Gasteiger partial charge >= 0.3 is 0 Å². The number of rotatable bonds is 5. The van der Waals surface area contributed by atoms with Gasteiger partial charge in [0.15, 0.2) is 0 Å². The molecular weight excluding hydrogens is 254 g/mol. The van der Waals surface area contributed by atoms with Crippen LogP contribution in [0.15, 0.2) is 0 Å². The van der Waals surface area contributed by atoms with Crippen molar-refractivity contribution >= 4 is 11.8 Å². The van der Waals surface area contributed by atoms with Gasteiger partial charge in [0.2, 0.25) is 11.8 Å². The Morgan fingerprint density at radius 2 is 1.85 bits per heavy atom. The number of nitrogens with two attached hydrogens (primary N) is 1. The molecule has 1 saturated heterocycles. The van der Waals surface area contributed by atoms with Gasteiger partial charge in [0.25, 0.3) is 0 Å². The molecule has 0 aromatic heterocycles. The van der Waals surface area contributed by atoms with Gasteiger partial charge in [-0.25, -0.2) is 0 Å². The van der Waals surface area contributed by atoms with E-state index in [2.05, 4.69) is 12.2 Å². The lowest BCUT2D eigenvalue weighted by Gasteiger charge is -2.34. The normalized spacial score (nSPS) is 23.2. The molecule has 0 aromatic rings. The van der Waals surface area contributed by atoms with Crippen LogP contribution in [0.5, 0.6) is 0 Å². The molecule has 5 nitrogen and oxygen atoms in total. The predicted octanol–water partition coefficient (Wildman–Crippen LogP) is 0.877. The maximum atomic E-state index is 12.3. The Labute approximate surface area is 121 Å². The number of amides is 2. The van der Waals surface area contributed by atoms with Crippen molar-refractivity contribution in [3.8, 4) is 0 Å². The fraction of sp³-hybridized carbons (Fsp3) is 0.867. The quantitative estimate of drug-likeness (QED) is 0.785. The van der Waals surface area contributed by atoms with E-state index in [0.29, 0.717) is 13.1 Å². The maximum Gasteiger partial charge on any atom is 0.239 e. The predicted molar refractivity (Wildman–Crippen MR) is 77.9 cm³/mol. The lowest BCUT2D eigenvalue weighted by atomic mass is 9.97. The van der Waals surface area contributed by atoms with Gasteiger partial charge in [-0.3, -0.25) is 9.59 Å². The minimum atomic E-state index is -0.391. The number of hydrogen-bond donors (Lipinski definition) is 2. The van der Waals surface area contributed by atoms with Crippen LogP contribution in [-0.2, 0) is 9.59 Å². The number of nitrogens with one attached hydrogen (secondary N) is 1. The second-order valence-corrected chi connectivity index (χ2v) is 6.29. The number of piperidine rings is 1. The Bertz CT molecular complexity index is 360. The van der Waals surface area contributed by atoms with Crippen molar-refractivity contribution in [1.29, 1.82) is 0 Å². The molecule has 1 aliphatic carbocycles. The van der Waals surface area contributed by atoms with E-state index in [1.807, 2.05) is 11.8 Å². The minimum Gasteiger partial charge on any atom is -0.353 e. The van der Waals surface area contributed by atoms with E-state index < -0.39 is 6.04 Å². The first-order valence-corrected chi connectivity index (χ1v) is 7.87. The molecule has 114 valence electrons. The third-order valence-corrected chi connectivity index (χ3v) is 4.64. The summed E-state index contributed by atoms with van der Waals surface area (Å²) in [4.78, 5) is 25.8. The molecule has 3 N–H and O–H groups in total. The standard InChI is InChI=1S/C15H27N3O2/c1-3-10(2)13(16)15(20)18-8-6-12(7-9-18)17-14(19)11-4-5-11/h10-13H,3-9,16H2,1-2H3,(H,17,19)/t10?,13-/m0/s1. The highest BCUT2D eigenvalue weighted by Crippen LogP contribution is 2.29. The van der Waals surface area contributed by atoms with Crippen LogP contribution in [0.25, 0.3) is 0 Å². The van der Waals surface area contributed by atoms with Crippen LogP contribution in [-0.4, -0.2) is 41.9 Å². The molecule has 1 heterocycles. The molecule has 2 aliphatic rings. The van der Waals surface area contributed by atoms with Crippen LogP contribution >= 0.6 is 0 Å². The van der Waals surface area contributed by atoms with E-state index in [1.54, 1.807) is 0 Å². The Morgan fingerprint density at radius 1 is 1.25 bits per heavy atom. The van der Waals surface area contributed by atoms with E-state index in [9.17, 15) is 9.59 Å². The number of carbonyl (C=O) groups excluding carboxylic acids is 2. The molecule has 2 atom stereocenters. The smallest absolute Gasteiger partial charge is 0.239 e. The lowest BCUT2D eigenvalue weighted by Crippen LogP contribution is -2.52. The molecule has 0 bridgehead atoms. The third kappa shape index (κ3) is 3.72. The topological polar surface area (TPSA) is 75.4 Å². The minimum absolute atomic E-state index is 0.0614. The zero-order valence-electron chi connectivity index (χ0n) is 12.6. The summed E-state index contributed by atoms with van der Waals surface area (Å²) in [5.41, 5.74) is 6.00. The van der Waals surface area contributed by atoms with Crippen LogP contribution in [0.1, 0.15) is 46.0 Å². The molecule has 0 aromatic carbocycles. The van der Waals surface area contributed by atoms with Gasteiger partial charge in [0.05, 0.1) is 6.04 Å². The van der Waals surface area contributed by atoms with Gasteiger partial charge in [-0.15, -0.1) is 0 Å².